The van der Waals surface area contributed by atoms with Crippen molar-refractivity contribution in [3.8, 4) is 11.5 Å². The molecule has 0 spiro atoms. The minimum Gasteiger partial charge on any atom is -0.497 e. The lowest BCUT2D eigenvalue weighted by Gasteiger charge is -2.19. The molecule has 150 valence electrons. The molecule has 8 heteroatoms. The molecule has 1 aromatic carbocycles. The minimum atomic E-state index is -0.500. The maximum absolute atomic E-state index is 12.5. The molecule has 2 aromatic rings. The summed E-state index contributed by atoms with van der Waals surface area (Å²) >= 11 is 0. The molecule has 0 radical (unpaired) electrons. The number of hydrogen-bond donors (Lipinski definition) is 1. The molecule has 1 heterocycles. The quantitative estimate of drug-likeness (QED) is 0.747. The first-order valence-electron chi connectivity index (χ1n) is 8.96. The van der Waals surface area contributed by atoms with Crippen LogP contribution < -0.4 is 20.3 Å². The van der Waals surface area contributed by atoms with Gasteiger partial charge in [0.1, 0.15) is 17.2 Å². The molecule has 1 aromatic heterocycles. The number of nitrogens with one attached hydrogen (secondary N) is 1. The zero-order valence-electron chi connectivity index (χ0n) is 16.5. The SMILES string of the molecule is CCN(CC)C(=O)c1cc(NC(=O)COc2ccc(OC)cc2)c(=O)n(C)c1. The predicted molar refractivity (Wildman–Crippen MR) is 106 cm³/mol. The van der Waals surface area contributed by atoms with Crippen LogP contribution in [0.25, 0.3) is 0 Å². The van der Waals surface area contributed by atoms with Gasteiger partial charge in [0.05, 0.1) is 12.7 Å². The second kappa shape index (κ2) is 9.59. The van der Waals surface area contributed by atoms with Crippen molar-refractivity contribution in [2.45, 2.75) is 13.8 Å². The molecule has 0 aliphatic heterocycles. The summed E-state index contributed by atoms with van der Waals surface area (Å²) in [5.74, 6) is 0.468. The highest BCUT2D eigenvalue weighted by Crippen LogP contribution is 2.17. The zero-order chi connectivity index (χ0) is 20.7. The Bertz CT molecular complexity index is 886. The van der Waals surface area contributed by atoms with Crippen molar-refractivity contribution in [1.29, 1.82) is 0 Å². The summed E-state index contributed by atoms with van der Waals surface area (Å²) in [5, 5.41) is 2.52. The molecule has 0 saturated carbocycles. The highest BCUT2D eigenvalue weighted by atomic mass is 16.5. The number of carbonyl (C=O) groups is 2. The second-order valence-electron chi connectivity index (χ2n) is 6.05. The molecule has 0 unspecified atom stereocenters. The first kappa shape index (κ1) is 21.0. The van der Waals surface area contributed by atoms with Gasteiger partial charge < -0.3 is 24.3 Å². The van der Waals surface area contributed by atoms with Gasteiger partial charge in [-0.2, -0.15) is 0 Å². The van der Waals surface area contributed by atoms with Gasteiger partial charge in [-0.1, -0.05) is 0 Å². The van der Waals surface area contributed by atoms with Crippen molar-refractivity contribution in [2.24, 2.45) is 7.05 Å². The molecule has 0 atom stereocenters. The van der Waals surface area contributed by atoms with Crippen molar-refractivity contribution in [3.63, 3.8) is 0 Å². The van der Waals surface area contributed by atoms with Gasteiger partial charge in [0.2, 0.25) is 0 Å². The van der Waals surface area contributed by atoms with E-state index >= 15 is 0 Å². The van der Waals surface area contributed by atoms with Crippen LogP contribution in [0.5, 0.6) is 11.5 Å². The topological polar surface area (TPSA) is 89.9 Å². The number of pyridine rings is 1. The Labute approximate surface area is 163 Å². The number of hydrogen-bond acceptors (Lipinski definition) is 5. The molecule has 28 heavy (non-hydrogen) atoms. The third-order valence-corrected chi connectivity index (χ3v) is 4.18. The fraction of sp³-hybridized carbons (Fsp3) is 0.350. The Kier molecular flexibility index (Phi) is 7.20. The fourth-order valence-electron chi connectivity index (χ4n) is 2.62. The number of carbonyl (C=O) groups excluding carboxylic acids is 2. The van der Waals surface area contributed by atoms with E-state index < -0.39 is 11.5 Å². The highest BCUT2D eigenvalue weighted by Gasteiger charge is 2.17. The summed E-state index contributed by atoms with van der Waals surface area (Å²) in [5.41, 5.74) is -0.0464. The smallest absolute Gasteiger partial charge is 0.274 e. The number of amides is 2. The van der Waals surface area contributed by atoms with Crippen LogP contribution in [0.15, 0.2) is 41.3 Å². The third-order valence-electron chi connectivity index (χ3n) is 4.18. The molecule has 0 saturated heterocycles. The molecule has 0 aliphatic carbocycles. The first-order valence-corrected chi connectivity index (χ1v) is 8.96. The summed E-state index contributed by atoms with van der Waals surface area (Å²) in [6.45, 7) is 4.58. The molecular formula is C20H25N3O5. The van der Waals surface area contributed by atoms with Gasteiger partial charge in [0.25, 0.3) is 17.4 Å². The van der Waals surface area contributed by atoms with Crippen molar-refractivity contribution >= 4 is 17.5 Å². The monoisotopic (exact) mass is 387 g/mol. The maximum atomic E-state index is 12.5. The van der Waals surface area contributed by atoms with Crippen LogP contribution in [0.4, 0.5) is 5.69 Å². The van der Waals surface area contributed by atoms with E-state index in [2.05, 4.69) is 5.32 Å². The van der Waals surface area contributed by atoms with E-state index in [1.807, 2.05) is 13.8 Å². The summed E-state index contributed by atoms with van der Waals surface area (Å²) in [7, 11) is 3.09. The molecule has 2 rings (SSSR count). The van der Waals surface area contributed by atoms with Crippen LogP contribution in [0.2, 0.25) is 0 Å². The van der Waals surface area contributed by atoms with E-state index in [1.165, 1.54) is 23.9 Å². The van der Waals surface area contributed by atoms with Gasteiger partial charge in [-0.3, -0.25) is 14.4 Å². The number of methoxy groups -OCH3 is 1. The summed E-state index contributed by atoms with van der Waals surface area (Å²) in [6, 6.07) is 8.17. The van der Waals surface area contributed by atoms with Crippen molar-refractivity contribution in [2.75, 3.05) is 32.1 Å². The zero-order valence-corrected chi connectivity index (χ0v) is 16.5. The van der Waals surface area contributed by atoms with Crippen LogP contribution in [-0.2, 0) is 11.8 Å². The number of anilines is 1. The third kappa shape index (κ3) is 5.12. The van der Waals surface area contributed by atoms with Crippen LogP contribution in [0.3, 0.4) is 0 Å². The second-order valence-corrected chi connectivity index (χ2v) is 6.05. The van der Waals surface area contributed by atoms with Gasteiger partial charge >= 0.3 is 0 Å². The average molecular weight is 387 g/mol. The normalized spacial score (nSPS) is 10.3. The molecular weight excluding hydrogens is 362 g/mol. The molecule has 8 nitrogen and oxygen atoms in total. The Morgan fingerprint density at radius 3 is 2.29 bits per heavy atom. The number of benzene rings is 1. The molecule has 1 N–H and O–H groups in total. The number of ether oxygens (including phenoxy) is 2. The molecule has 0 bridgehead atoms. The van der Waals surface area contributed by atoms with Crippen molar-refractivity contribution < 1.29 is 19.1 Å². The van der Waals surface area contributed by atoms with Crippen LogP contribution >= 0.6 is 0 Å². The Morgan fingerprint density at radius 1 is 1.11 bits per heavy atom. The van der Waals surface area contributed by atoms with Gasteiger partial charge in [-0.25, -0.2) is 0 Å². The Hall–Kier alpha value is -3.29. The Morgan fingerprint density at radius 2 is 1.71 bits per heavy atom. The van der Waals surface area contributed by atoms with E-state index in [1.54, 1.807) is 36.3 Å². The summed E-state index contributed by atoms with van der Waals surface area (Å²) < 4.78 is 11.7. The van der Waals surface area contributed by atoms with Gasteiger partial charge in [-0.05, 0) is 44.2 Å². The standard InChI is InChI=1S/C20H25N3O5/c1-5-23(6-2)19(25)14-11-17(20(26)22(3)12-14)21-18(24)13-28-16-9-7-15(27-4)8-10-16/h7-12H,5-6,13H2,1-4H3,(H,21,24). The van der Waals surface area contributed by atoms with Crippen LogP contribution in [0.1, 0.15) is 24.2 Å². The van der Waals surface area contributed by atoms with Gasteiger partial charge in [-0.15, -0.1) is 0 Å². The Balaban J connectivity index is 2.10. The predicted octanol–water partition coefficient (Wildman–Crippen LogP) is 1.89. The summed E-state index contributed by atoms with van der Waals surface area (Å²) in [6.07, 6.45) is 1.46. The lowest BCUT2D eigenvalue weighted by Crippen LogP contribution is -2.33. The average Bonchev–Trinajstić information content (AvgIpc) is 2.70. The van der Waals surface area contributed by atoms with E-state index in [9.17, 15) is 14.4 Å². The van der Waals surface area contributed by atoms with Crippen LogP contribution in [0, 0.1) is 0 Å². The molecule has 2 amide bonds. The van der Waals surface area contributed by atoms with E-state index in [0.717, 1.165) is 0 Å². The van der Waals surface area contributed by atoms with Gasteiger partial charge in [0, 0.05) is 26.3 Å². The van der Waals surface area contributed by atoms with Crippen molar-refractivity contribution in [3.05, 3.63) is 52.4 Å². The number of aryl methyl sites for hydroxylation is 1. The highest BCUT2D eigenvalue weighted by molar-refractivity contribution is 5.97. The number of aromatic nitrogens is 1. The number of nitrogens with zero attached hydrogens (tertiary/aromatic N) is 2. The number of rotatable bonds is 8. The van der Waals surface area contributed by atoms with E-state index in [0.29, 0.717) is 30.2 Å². The van der Waals surface area contributed by atoms with Crippen LogP contribution in [-0.4, -0.2) is 48.1 Å². The van der Waals surface area contributed by atoms with E-state index in [4.69, 9.17) is 9.47 Å². The summed E-state index contributed by atoms with van der Waals surface area (Å²) in [4.78, 5) is 38.7. The lowest BCUT2D eigenvalue weighted by atomic mass is 10.2. The fourth-order valence-corrected chi connectivity index (χ4v) is 2.62. The molecule has 0 aliphatic rings. The minimum absolute atomic E-state index is 0.0313. The first-order chi connectivity index (χ1) is 13.4. The molecule has 0 fully saturated rings. The maximum Gasteiger partial charge on any atom is 0.274 e. The largest absolute Gasteiger partial charge is 0.497 e. The lowest BCUT2D eigenvalue weighted by molar-refractivity contribution is -0.118. The van der Waals surface area contributed by atoms with Crippen molar-refractivity contribution in [1.82, 2.24) is 9.47 Å². The van der Waals surface area contributed by atoms with E-state index in [-0.39, 0.29) is 18.2 Å². The van der Waals surface area contributed by atoms with Gasteiger partial charge in [0.15, 0.2) is 6.61 Å².